The Morgan fingerprint density at radius 1 is 1.42 bits per heavy atom. The van der Waals surface area contributed by atoms with Crippen molar-refractivity contribution in [3.8, 4) is 0 Å². The third-order valence-corrected chi connectivity index (χ3v) is 2.64. The lowest BCUT2D eigenvalue weighted by Crippen LogP contribution is -2.53. The summed E-state index contributed by atoms with van der Waals surface area (Å²) >= 11 is 0. The van der Waals surface area contributed by atoms with Crippen molar-refractivity contribution in [2.75, 3.05) is 13.1 Å². The van der Waals surface area contributed by atoms with Crippen LogP contribution in [0.1, 0.15) is 40.5 Å². The lowest BCUT2D eigenvalue weighted by Gasteiger charge is -2.32. The molecule has 0 aromatic heterocycles. The highest BCUT2D eigenvalue weighted by atomic mass is 16.6. The Bertz CT molecular complexity index is 373. The van der Waals surface area contributed by atoms with Crippen molar-refractivity contribution in [3.05, 3.63) is 0 Å². The Labute approximate surface area is 113 Å². The highest BCUT2D eigenvalue weighted by Crippen LogP contribution is 2.13. The summed E-state index contributed by atoms with van der Waals surface area (Å²) in [4.78, 5) is 36.2. The molecule has 0 aliphatic carbocycles. The average molecular weight is 270 g/mol. The summed E-state index contributed by atoms with van der Waals surface area (Å²) in [7, 11) is 0. The molecular weight excluding hydrogens is 248 g/mol. The van der Waals surface area contributed by atoms with Crippen molar-refractivity contribution < 1.29 is 19.1 Å². The minimum Gasteiger partial charge on any atom is -0.444 e. The molecule has 1 atom stereocenters. The molecular formula is C13H22N2O4. The van der Waals surface area contributed by atoms with E-state index in [0.717, 1.165) is 6.42 Å². The van der Waals surface area contributed by atoms with E-state index in [-0.39, 0.29) is 18.2 Å². The van der Waals surface area contributed by atoms with Gasteiger partial charge < -0.3 is 15.0 Å². The van der Waals surface area contributed by atoms with Crippen molar-refractivity contribution >= 4 is 17.8 Å². The molecule has 1 N–H and O–H groups in total. The molecule has 6 heteroatoms. The van der Waals surface area contributed by atoms with Gasteiger partial charge in [-0.15, -0.1) is 0 Å². The third kappa shape index (κ3) is 5.28. The predicted molar refractivity (Wildman–Crippen MR) is 69.7 cm³/mol. The van der Waals surface area contributed by atoms with Gasteiger partial charge in [0.2, 0.25) is 5.91 Å². The maximum atomic E-state index is 12.1. The number of likely N-dealkylation sites (tertiary alicyclic amines) is 1. The molecule has 0 radical (unpaired) electrons. The molecule has 0 aromatic carbocycles. The van der Waals surface area contributed by atoms with E-state index in [4.69, 9.17) is 4.74 Å². The summed E-state index contributed by atoms with van der Waals surface area (Å²) in [6, 6.07) is -0.594. The van der Waals surface area contributed by atoms with Gasteiger partial charge in [-0.1, -0.05) is 0 Å². The fourth-order valence-electron chi connectivity index (χ4n) is 1.95. The lowest BCUT2D eigenvalue weighted by atomic mass is 10.0. The maximum Gasteiger partial charge on any atom is 0.408 e. The Morgan fingerprint density at radius 2 is 2.05 bits per heavy atom. The first-order valence-electron chi connectivity index (χ1n) is 6.47. The molecule has 0 bridgehead atoms. The smallest absolute Gasteiger partial charge is 0.408 e. The molecule has 1 heterocycles. The monoisotopic (exact) mass is 270 g/mol. The minimum absolute atomic E-state index is 0.0636. The third-order valence-electron chi connectivity index (χ3n) is 2.64. The molecule has 108 valence electrons. The van der Waals surface area contributed by atoms with E-state index in [1.54, 1.807) is 20.8 Å². The van der Waals surface area contributed by atoms with Gasteiger partial charge in [0.05, 0.1) is 6.54 Å². The van der Waals surface area contributed by atoms with Crippen LogP contribution in [0.3, 0.4) is 0 Å². The fraction of sp³-hybridized carbons (Fsp3) is 0.769. The number of nitrogens with one attached hydrogen (secondary N) is 1. The number of nitrogens with zero attached hydrogens (tertiary/aromatic N) is 1. The van der Waals surface area contributed by atoms with Crippen LogP contribution in [0, 0.1) is 0 Å². The Balaban J connectivity index is 2.56. The van der Waals surface area contributed by atoms with Crippen LogP contribution in [-0.4, -0.2) is 47.4 Å². The van der Waals surface area contributed by atoms with Crippen molar-refractivity contribution in [3.63, 3.8) is 0 Å². The normalized spacial score (nSPS) is 20.1. The number of ether oxygens (including phenoxy) is 1. The van der Waals surface area contributed by atoms with Crippen molar-refractivity contribution in [1.29, 1.82) is 0 Å². The van der Waals surface area contributed by atoms with Gasteiger partial charge in [0, 0.05) is 6.54 Å². The molecule has 0 aromatic rings. The molecule has 1 aliphatic heterocycles. The van der Waals surface area contributed by atoms with E-state index in [1.165, 1.54) is 11.8 Å². The van der Waals surface area contributed by atoms with Crippen LogP contribution in [0.4, 0.5) is 4.79 Å². The zero-order valence-electron chi connectivity index (χ0n) is 12.0. The second-order valence-electron chi connectivity index (χ2n) is 5.80. The predicted octanol–water partition coefficient (Wildman–Crippen LogP) is 1.09. The number of hydrogen-bond donors (Lipinski definition) is 1. The van der Waals surface area contributed by atoms with Gasteiger partial charge >= 0.3 is 6.09 Å². The number of alkyl carbamates (subject to hydrolysis) is 1. The number of hydrogen-bond acceptors (Lipinski definition) is 4. The van der Waals surface area contributed by atoms with Crippen LogP contribution >= 0.6 is 0 Å². The highest BCUT2D eigenvalue weighted by molar-refractivity contribution is 5.90. The van der Waals surface area contributed by atoms with Crippen LogP contribution in [0.15, 0.2) is 0 Å². The summed E-state index contributed by atoms with van der Waals surface area (Å²) in [5.41, 5.74) is -0.596. The van der Waals surface area contributed by atoms with Gasteiger partial charge in [-0.25, -0.2) is 4.79 Å². The Morgan fingerprint density at radius 3 is 2.58 bits per heavy atom. The van der Waals surface area contributed by atoms with Crippen LogP contribution < -0.4 is 5.32 Å². The number of carbonyl (C=O) groups is 3. The number of Topliss-reactive ketones (excluding diaryl/α,β-unsaturated/α-hetero) is 1. The van der Waals surface area contributed by atoms with E-state index in [1.807, 2.05) is 0 Å². The van der Waals surface area contributed by atoms with Crippen molar-refractivity contribution in [2.24, 2.45) is 0 Å². The van der Waals surface area contributed by atoms with Crippen molar-refractivity contribution in [1.82, 2.24) is 10.2 Å². The fourth-order valence-corrected chi connectivity index (χ4v) is 1.95. The molecule has 19 heavy (non-hydrogen) atoms. The Hall–Kier alpha value is -1.59. The number of piperidine rings is 1. The number of amides is 2. The number of carbonyl (C=O) groups excluding carboxylic acids is 3. The molecule has 1 unspecified atom stereocenters. The Kier molecular flexibility index (Phi) is 4.91. The highest BCUT2D eigenvalue weighted by Gasteiger charge is 2.31. The molecule has 2 amide bonds. The molecule has 1 fully saturated rings. The zero-order valence-corrected chi connectivity index (χ0v) is 12.0. The number of ketones is 1. The molecule has 6 nitrogen and oxygen atoms in total. The molecule has 0 spiro atoms. The SMILES string of the molecule is CC(=O)CN1CCCC(NC(=O)OC(C)(C)C)C1=O. The topological polar surface area (TPSA) is 75.7 Å². The maximum absolute atomic E-state index is 12.1. The minimum atomic E-state index is -0.601. The van der Waals surface area contributed by atoms with Crippen LogP contribution in [0.25, 0.3) is 0 Å². The van der Waals surface area contributed by atoms with Crippen LogP contribution in [0.5, 0.6) is 0 Å². The second kappa shape index (κ2) is 6.04. The van der Waals surface area contributed by atoms with Gasteiger partial charge in [-0.3, -0.25) is 9.59 Å². The van der Waals surface area contributed by atoms with E-state index >= 15 is 0 Å². The molecule has 0 saturated carbocycles. The van der Waals surface area contributed by atoms with Crippen LogP contribution in [0.2, 0.25) is 0 Å². The largest absolute Gasteiger partial charge is 0.444 e. The quantitative estimate of drug-likeness (QED) is 0.833. The molecule has 1 saturated heterocycles. The first-order valence-corrected chi connectivity index (χ1v) is 6.47. The van der Waals surface area contributed by atoms with Gasteiger partial charge in [-0.2, -0.15) is 0 Å². The number of rotatable bonds is 3. The van der Waals surface area contributed by atoms with Gasteiger partial charge in [0.25, 0.3) is 0 Å². The molecule has 1 aliphatic rings. The lowest BCUT2D eigenvalue weighted by molar-refractivity contribution is -0.139. The van der Waals surface area contributed by atoms with Gasteiger partial charge in [0.1, 0.15) is 17.4 Å². The summed E-state index contributed by atoms with van der Waals surface area (Å²) in [5, 5.41) is 2.56. The van der Waals surface area contributed by atoms with Gasteiger partial charge in [-0.05, 0) is 40.5 Å². The standard InChI is InChI=1S/C13H22N2O4/c1-9(16)8-15-7-5-6-10(11(15)17)14-12(18)19-13(2,3)4/h10H,5-8H2,1-4H3,(H,14,18). The summed E-state index contributed by atoms with van der Waals surface area (Å²) in [5.74, 6) is -0.279. The summed E-state index contributed by atoms with van der Waals surface area (Å²) in [6.07, 6.45) is 0.738. The van der Waals surface area contributed by atoms with Gasteiger partial charge in [0.15, 0.2) is 0 Å². The second-order valence-corrected chi connectivity index (χ2v) is 5.80. The summed E-state index contributed by atoms with van der Waals surface area (Å²) < 4.78 is 5.12. The first-order chi connectivity index (χ1) is 8.69. The van der Waals surface area contributed by atoms with E-state index in [9.17, 15) is 14.4 Å². The van der Waals surface area contributed by atoms with E-state index in [0.29, 0.717) is 13.0 Å². The van der Waals surface area contributed by atoms with E-state index < -0.39 is 17.7 Å². The summed E-state index contributed by atoms with van der Waals surface area (Å²) in [6.45, 7) is 7.39. The van der Waals surface area contributed by atoms with Crippen molar-refractivity contribution in [2.45, 2.75) is 52.2 Å². The van der Waals surface area contributed by atoms with E-state index in [2.05, 4.69) is 5.32 Å². The first kappa shape index (κ1) is 15.5. The zero-order chi connectivity index (χ0) is 14.6. The molecule has 1 rings (SSSR count). The van der Waals surface area contributed by atoms with Crippen LogP contribution in [-0.2, 0) is 14.3 Å². The average Bonchev–Trinajstić information content (AvgIpc) is 2.20.